The van der Waals surface area contributed by atoms with Crippen molar-refractivity contribution in [3.8, 4) is 0 Å². The normalized spacial score (nSPS) is 42.0. The fourth-order valence-electron chi connectivity index (χ4n) is 0.943. The fourth-order valence-corrected chi connectivity index (χ4v) is 1.53. The van der Waals surface area contributed by atoms with Crippen molar-refractivity contribution < 1.29 is 0 Å². The average Bonchev–Trinajstić information content (AvgIpc) is 1.91. The van der Waals surface area contributed by atoms with Gasteiger partial charge in [-0.1, -0.05) is 22.4 Å². The minimum absolute atomic E-state index is 0.431. The second kappa shape index (κ2) is 2.14. The molecule has 1 aliphatic carbocycles. The maximum Gasteiger partial charge on any atom is 0.0297 e. The summed E-state index contributed by atoms with van der Waals surface area (Å²) >= 11 is 3.48. The third kappa shape index (κ3) is 1.16. The van der Waals surface area contributed by atoms with Crippen LogP contribution in [0.3, 0.4) is 0 Å². The number of alkyl halides is 1. The van der Waals surface area contributed by atoms with Gasteiger partial charge in [0.05, 0.1) is 0 Å². The summed E-state index contributed by atoms with van der Waals surface area (Å²) in [7, 11) is 0. The highest BCUT2D eigenvalue weighted by Crippen LogP contribution is 2.23. The minimum Gasteiger partial charge on any atom is -0.327 e. The summed E-state index contributed by atoms with van der Waals surface area (Å²) in [5.41, 5.74) is 5.63. The second-order valence-electron chi connectivity index (χ2n) is 2.11. The van der Waals surface area contributed by atoms with E-state index in [1.165, 1.54) is 19.3 Å². The molecule has 0 heterocycles. The van der Waals surface area contributed by atoms with Crippen LogP contribution < -0.4 is 5.73 Å². The number of nitrogens with two attached hydrogens (primary N) is 1. The molecule has 2 N–H and O–H groups in total. The lowest BCUT2D eigenvalue weighted by Gasteiger charge is -2.03. The first-order chi connectivity index (χ1) is 3.30. The Labute approximate surface area is 52.4 Å². The molecule has 0 aromatic rings. The van der Waals surface area contributed by atoms with E-state index in [9.17, 15) is 0 Å². The van der Waals surface area contributed by atoms with Crippen molar-refractivity contribution in [1.82, 2.24) is 0 Å². The van der Waals surface area contributed by atoms with Gasteiger partial charge in [0.2, 0.25) is 0 Å². The van der Waals surface area contributed by atoms with Crippen LogP contribution in [-0.4, -0.2) is 10.9 Å². The Bertz CT molecular complexity index is 57.1. The van der Waals surface area contributed by atoms with Crippen molar-refractivity contribution in [2.45, 2.75) is 30.1 Å². The molecule has 7 heavy (non-hydrogen) atoms. The lowest BCUT2D eigenvalue weighted by Crippen LogP contribution is -2.23. The highest BCUT2D eigenvalue weighted by atomic mass is 79.9. The number of hydrogen-bond donors (Lipinski definition) is 1. The molecule has 0 aliphatic heterocycles. The molecule has 2 unspecified atom stereocenters. The molecular weight excluding hydrogens is 154 g/mol. The average molecular weight is 164 g/mol. The first-order valence-corrected chi connectivity index (χ1v) is 3.62. The molecule has 0 spiro atoms. The number of halogens is 1. The molecular formula is C5H10BrN. The Morgan fingerprint density at radius 3 is 2.29 bits per heavy atom. The van der Waals surface area contributed by atoms with Gasteiger partial charge in [0, 0.05) is 10.9 Å². The summed E-state index contributed by atoms with van der Waals surface area (Å²) in [6, 6.07) is 0.431. The van der Waals surface area contributed by atoms with Crippen LogP contribution in [-0.2, 0) is 0 Å². The van der Waals surface area contributed by atoms with Crippen LogP contribution in [0.4, 0.5) is 0 Å². The summed E-state index contributed by atoms with van der Waals surface area (Å²) in [6.07, 6.45) is 3.77. The maximum atomic E-state index is 5.63. The van der Waals surface area contributed by atoms with Gasteiger partial charge in [0.15, 0.2) is 0 Å². The van der Waals surface area contributed by atoms with Crippen molar-refractivity contribution >= 4 is 15.9 Å². The summed E-state index contributed by atoms with van der Waals surface area (Å²) in [5.74, 6) is 0. The van der Waals surface area contributed by atoms with Gasteiger partial charge in [-0.25, -0.2) is 0 Å². The maximum absolute atomic E-state index is 5.63. The SMILES string of the molecule is NC1CCCC1Br. The Morgan fingerprint density at radius 2 is 2.14 bits per heavy atom. The van der Waals surface area contributed by atoms with E-state index in [0.29, 0.717) is 10.9 Å². The number of hydrogen-bond acceptors (Lipinski definition) is 1. The molecule has 0 saturated heterocycles. The molecule has 2 atom stereocenters. The van der Waals surface area contributed by atoms with Crippen molar-refractivity contribution in [2.75, 3.05) is 0 Å². The molecule has 0 bridgehead atoms. The zero-order chi connectivity index (χ0) is 5.28. The Kier molecular flexibility index (Phi) is 1.70. The van der Waals surface area contributed by atoms with Crippen molar-refractivity contribution in [2.24, 2.45) is 5.73 Å². The summed E-state index contributed by atoms with van der Waals surface area (Å²) in [6.45, 7) is 0. The van der Waals surface area contributed by atoms with E-state index in [0.717, 1.165) is 0 Å². The van der Waals surface area contributed by atoms with Crippen LogP contribution in [0.5, 0.6) is 0 Å². The van der Waals surface area contributed by atoms with Gasteiger partial charge in [0.25, 0.3) is 0 Å². The Balaban J connectivity index is 2.33. The van der Waals surface area contributed by atoms with Gasteiger partial charge in [-0.05, 0) is 12.8 Å². The molecule has 1 fully saturated rings. The monoisotopic (exact) mass is 163 g/mol. The largest absolute Gasteiger partial charge is 0.327 e. The molecule has 42 valence electrons. The van der Waals surface area contributed by atoms with Crippen LogP contribution in [0.2, 0.25) is 0 Å². The molecule has 1 rings (SSSR count). The van der Waals surface area contributed by atoms with E-state index < -0.39 is 0 Å². The lowest BCUT2D eigenvalue weighted by atomic mass is 10.3. The highest BCUT2D eigenvalue weighted by Gasteiger charge is 2.19. The summed E-state index contributed by atoms with van der Waals surface area (Å²) < 4.78 is 0. The highest BCUT2D eigenvalue weighted by molar-refractivity contribution is 9.09. The van der Waals surface area contributed by atoms with E-state index in [2.05, 4.69) is 15.9 Å². The third-order valence-corrected chi connectivity index (χ3v) is 2.62. The molecule has 0 amide bonds. The van der Waals surface area contributed by atoms with Crippen LogP contribution in [0.15, 0.2) is 0 Å². The zero-order valence-corrected chi connectivity index (χ0v) is 5.82. The molecule has 0 aromatic carbocycles. The molecule has 2 heteroatoms. The lowest BCUT2D eigenvalue weighted by molar-refractivity contribution is 0.722. The van der Waals surface area contributed by atoms with Crippen LogP contribution in [0.25, 0.3) is 0 Å². The van der Waals surface area contributed by atoms with E-state index in [1.54, 1.807) is 0 Å². The van der Waals surface area contributed by atoms with Crippen molar-refractivity contribution in [1.29, 1.82) is 0 Å². The third-order valence-electron chi connectivity index (χ3n) is 1.48. The Hall–Kier alpha value is 0.440. The van der Waals surface area contributed by atoms with Gasteiger partial charge in [-0.2, -0.15) is 0 Å². The molecule has 0 aromatic heterocycles. The topological polar surface area (TPSA) is 26.0 Å². The standard InChI is InChI=1S/C5H10BrN/c6-4-2-1-3-5(4)7/h4-5H,1-3,7H2. The molecule has 1 nitrogen and oxygen atoms in total. The van der Waals surface area contributed by atoms with E-state index in [-0.39, 0.29) is 0 Å². The van der Waals surface area contributed by atoms with Gasteiger partial charge >= 0.3 is 0 Å². The summed E-state index contributed by atoms with van der Waals surface area (Å²) in [5, 5.41) is 0. The molecule has 1 aliphatic rings. The van der Waals surface area contributed by atoms with Crippen LogP contribution in [0.1, 0.15) is 19.3 Å². The van der Waals surface area contributed by atoms with Gasteiger partial charge in [0.1, 0.15) is 0 Å². The van der Waals surface area contributed by atoms with Crippen LogP contribution >= 0.6 is 15.9 Å². The predicted molar refractivity (Wildman–Crippen MR) is 34.5 cm³/mol. The van der Waals surface area contributed by atoms with Gasteiger partial charge < -0.3 is 5.73 Å². The van der Waals surface area contributed by atoms with Gasteiger partial charge in [-0.3, -0.25) is 0 Å². The smallest absolute Gasteiger partial charge is 0.0297 e. The second-order valence-corrected chi connectivity index (χ2v) is 3.29. The molecule has 1 saturated carbocycles. The van der Waals surface area contributed by atoms with Crippen molar-refractivity contribution in [3.63, 3.8) is 0 Å². The van der Waals surface area contributed by atoms with E-state index in [4.69, 9.17) is 5.73 Å². The minimum atomic E-state index is 0.431. The quantitative estimate of drug-likeness (QED) is 0.536. The van der Waals surface area contributed by atoms with Crippen LogP contribution in [0, 0.1) is 0 Å². The summed E-state index contributed by atoms with van der Waals surface area (Å²) in [4.78, 5) is 0.604. The number of rotatable bonds is 0. The zero-order valence-electron chi connectivity index (χ0n) is 4.23. The first-order valence-electron chi connectivity index (χ1n) is 2.70. The van der Waals surface area contributed by atoms with E-state index in [1.807, 2.05) is 0 Å². The first kappa shape index (κ1) is 5.57. The van der Waals surface area contributed by atoms with Gasteiger partial charge in [-0.15, -0.1) is 0 Å². The predicted octanol–water partition coefficient (Wildman–Crippen LogP) is 1.26. The molecule has 0 radical (unpaired) electrons. The van der Waals surface area contributed by atoms with Crippen molar-refractivity contribution in [3.05, 3.63) is 0 Å². The fraction of sp³-hybridized carbons (Fsp3) is 1.00. The Morgan fingerprint density at radius 1 is 1.43 bits per heavy atom. The van der Waals surface area contributed by atoms with E-state index >= 15 is 0 Å².